The Bertz CT molecular complexity index is 33.5. The molecule has 0 saturated heterocycles. The average molecular weight is 133 g/mol. The second-order valence-electron chi connectivity index (χ2n) is 1.91. The molecular weight excluding hydrogens is 117 g/mol. The maximum Gasteiger partial charge on any atom is -0.00518 e. The largest absolute Gasteiger partial charge is 0.320 e. The van der Waals surface area contributed by atoms with Gasteiger partial charge in [-0.2, -0.15) is 0 Å². The van der Waals surface area contributed by atoms with E-state index in [1.807, 2.05) is 7.05 Å². The Morgan fingerprint density at radius 1 is 1.38 bits per heavy atom. The Hall–Kier alpha value is 0.390. The smallest absolute Gasteiger partial charge is 0.00518 e. The molecule has 0 aromatic heterocycles. The Labute approximate surface area is 54.0 Å². The van der Waals surface area contributed by atoms with Gasteiger partial charge in [0.25, 0.3) is 0 Å². The molecule has 2 heteroatoms. The van der Waals surface area contributed by atoms with Crippen LogP contribution in [0.5, 0.6) is 0 Å². The Kier molecular flexibility index (Phi) is 7.75. The molecule has 0 bridgehead atoms. The lowest BCUT2D eigenvalue weighted by Gasteiger charge is -1.95. The van der Waals surface area contributed by atoms with Crippen molar-refractivity contribution in [2.45, 2.75) is 12.8 Å². The van der Waals surface area contributed by atoms with E-state index in [1.54, 1.807) is 0 Å². The van der Waals surface area contributed by atoms with E-state index < -0.39 is 0 Å². The molecule has 1 unspecified atom stereocenters. The lowest BCUT2D eigenvalue weighted by molar-refractivity contribution is 0.714. The highest BCUT2D eigenvalue weighted by molar-refractivity contribution is 7.36. The fourth-order valence-corrected chi connectivity index (χ4v) is 1.21. The summed E-state index contributed by atoms with van der Waals surface area (Å²) in [7, 11) is 3.15. The normalized spacial score (nSPS) is 11.2. The summed E-state index contributed by atoms with van der Waals surface area (Å²) in [6.45, 7) is 3.45. The molecule has 0 aliphatic carbocycles. The van der Waals surface area contributed by atoms with Gasteiger partial charge >= 0.3 is 0 Å². The van der Waals surface area contributed by atoms with Gasteiger partial charge in [-0.1, -0.05) is 0 Å². The average Bonchev–Trinajstić information content (AvgIpc) is 1.81. The molecule has 8 heavy (non-hydrogen) atoms. The topological polar surface area (TPSA) is 12.0 Å². The Morgan fingerprint density at radius 3 is 2.62 bits per heavy atom. The molecule has 1 N–H and O–H groups in total. The minimum atomic E-state index is 1.14. The number of nitrogens with one attached hydrogen (secondary N) is 1. The van der Waals surface area contributed by atoms with Crippen molar-refractivity contribution in [2.75, 3.05) is 26.4 Å². The predicted octanol–water partition coefficient (Wildman–Crippen LogP) is 1.29. The van der Waals surface area contributed by atoms with Crippen molar-refractivity contribution >= 4 is 8.58 Å². The highest BCUT2D eigenvalue weighted by Gasteiger charge is 1.82. The van der Waals surface area contributed by atoms with Gasteiger partial charge in [0.05, 0.1) is 0 Å². The van der Waals surface area contributed by atoms with Crippen molar-refractivity contribution in [1.29, 1.82) is 0 Å². The van der Waals surface area contributed by atoms with Crippen LogP contribution >= 0.6 is 8.58 Å². The van der Waals surface area contributed by atoms with Gasteiger partial charge in [0.1, 0.15) is 0 Å². The van der Waals surface area contributed by atoms with Gasteiger partial charge in [-0.3, -0.25) is 0 Å². The van der Waals surface area contributed by atoms with Gasteiger partial charge in [0, 0.05) is 0 Å². The summed E-state index contributed by atoms with van der Waals surface area (Å²) in [5, 5.41) is 3.13. The molecule has 0 fully saturated rings. The molecule has 1 nitrogen and oxygen atoms in total. The minimum Gasteiger partial charge on any atom is -0.320 e. The summed E-state index contributed by atoms with van der Waals surface area (Å²) in [6, 6.07) is 0. The molecule has 0 amide bonds. The molecule has 0 saturated carbocycles. The van der Waals surface area contributed by atoms with E-state index in [9.17, 15) is 0 Å². The lowest BCUT2D eigenvalue weighted by Crippen LogP contribution is -2.07. The van der Waals surface area contributed by atoms with E-state index in [0.29, 0.717) is 0 Å². The van der Waals surface area contributed by atoms with E-state index in [4.69, 9.17) is 0 Å². The van der Waals surface area contributed by atoms with Crippen LogP contribution in [-0.2, 0) is 0 Å². The van der Waals surface area contributed by atoms with Crippen LogP contribution in [0.3, 0.4) is 0 Å². The van der Waals surface area contributed by atoms with Gasteiger partial charge in [-0.15, -0.1) is 8.58 Å². The maximum atomic E-state index is 3.13. The third-order valence-corrected chi connectivity index (χ3v) is 1.96. The number of rotatable bonds is 5. The van der Waals surface area contributed by atoms with E-state index in [2.05, 4.69) is 12.0 Å². The summed E-state index contributed by atoms with van der Waals surface area (Å²) < 4.78 is 0. The lowest BCUT2D eigenvalue weighted by atomic mass is 10.3. The van der Waals surface area contributed by atoms with E-state index >= 15 is 0 Å². The van der Waals surface area contributed by atoms with Crippen LogP contribution in [0.1, 0.15) is 12.8 Å². The molecular formula is C6H16NP. The fourth-order valence-electron chi connectivity index (χ4n) is 0.604. The van der Waals surface area contributed by atoms with Crippen LogP contribution in [0.15, 0.2) is 0 Å². The van der Waals surface area contributed by atoms with Gasteiger partial charge in [0.15, 0.2) is 0 Å². The highest BCUT2D eigenvalue weighted by atomic mass is 31.1. The first-order chi connectivity index (χ1) is 3.91. The third kappa shape index (κ3) is 6.39. The maximum absolute atomic E-state index is 3.13. The molecule has 0 spiro atoms. The predicted molar refractivity (Wildman–Crippen MR) is 42.3 cm³/mol. The minimum absolute atomic E-state index is 1.14. The Balaban J connectivity index is 2.53. The second kappa shape index (κ2) is 7.39. The molecule has 0 aromatic carbocycles. The molecule has 0 heterocycles. The number of hydrogen-bond acceptors (Lipinski definition) is 1. The van der Waals surface area contributed by atoms with E-state index in [0.717, 1.165) is 8.58 Å². The molecule has 0 rings (SSSR count). The standard InChI is InChI=1S/C6H16NP/c1-7-5-3-4-6-8-2/h7-8H,3-6H2,1-2H3. The molecule has 0 aliphatic heterocycles. The molecule has 0 aliphatic rings. The first-order valence-electron chi connectivity index (χ1n) is 3.21. The zero-order valence-electron chi connectivity index (χ0n) is 5.83. The van der Waals surface area contributed by atoms with Gasteiger partial charge < -0.3 is 5.32 Å². The molecule has 50 valence electrons. The van der Waals surface area contributed by atoms with Crippen molar-refractivity contribution in [3.05, 3.63) is 0 Å². The van der Waals surface area contributed by atoms with Crippen LogP contribution < -0.4 is 5.32 Å². The van der Waals surface area contributed by atoms with Crippen molar-refractivity contribution in [2.24, 2.45) is 0 Å². The van der Waals surface area contributed by atoms with Crippen molar-refractivity contribution in [3.63, 3.8) is 0 Å². The van der Waals surface area contributed by atoms with Crippen molar-refractivity contribution in [1.82, 2.24) is 5.32 Å². The summed E-state index contributed by atoms with van der Waals surface area (Å²) in [5.74, 6) is 0. The summed E-state index contributed by atoms with van der Waals surface area (Å²) in [5.41, 5.74) is 0. The summed E-state index contributed by atoms with van der Waals surface area (Å²) in [4.78, 5) is 0. The number of unbranched alkanes of at least 4 members (excludes halogenated alkanes) is 1. The van der Waals surface area contributed by atoms with Crippen LogP contribution in [0.4, 0.5) is 0 Å². The molecule has 1 atom stereocenters. The second-order valence-corrected chi connectivity index (χ2v) is 3.12. The summed E-state index contributed by atoms with van der Waals surface area (Å²) >= 11 is 0. The monoisotopic (exact) mass is 133 g/mol. The quantitative estimate of drug-likeness (QED) is 0.440. The van der Waals surface area contributed by atoms with Gasteiger partial charge in [-0.25, -0.2) is 0 Å². The molecule has 0 aromatic rings. The highest BCUT2D eigenvalue weighted by Crippen LogP contribution is 2.04. The van der Waals surface area contributed by atoms with E-state index in [-0.39, 0.29) is 0 Å². The van der Waals surface area contributed by atoms with Crippen molar-refractivity contribution in [3.8, 4) is 0 Å². The van der Waals surface area contributed by atoms with Crippen LogP contribution in [0, 0.1) is 0 Å². The van der Waals surface area contributed by atoms with Crippen molar-refractivity contribution < 1.29 is 0 Å². The first kappa shape index (κ1) is 8.39. The Morgan fingerprint density at radius 2 is 2.12 bits per heavy atom. The first-order valence-corrected chi connectivity index (χ1v) is 4.91. The van der Waals surface area contributed by atoms with Gasteiger partial charge in [0.2, 0.25) is 0 Å². The summed E-state index contributed by atoms with van der Waals surface area (Å²) in [6.07, 6.45) is 4.16. The van der Waals surface area contributed by atoms with E-state index in [1.165, 1.54) is 25.5 Å². The zero-order valence-corrected chi connectivity index (χ0v) is 6.83. The SMILES string of the molecule is CNCCCCPC. The van der Waals surface area contributed by atoms with Gasteiger partial charge in [-0.05, 0) is 39.3 Å². The van der Waals surface area contributed by atoms with Crippen LogP contribution in [0.2, 0.25) is 0 Å². The third-order valence-electron chi connectivity index (χ3n) is 1.10. The van der Waals surface area contributed by atoms with Crippen LogP contribution in [0.25, 0.3) is 0 Å². The zero-order chi connectivity index (χ0) is 6.24. The fraction of sp³-hybridized carbons (Fsp3) is 1.00. The number of hydrogen-bond donors (Lipinski definition) is 1. The van der Waals surface area contributed by atoms with Crippen LogP contribution in [-0.4, -0.2) is 26.4 Å². The molecule has 0 radical (unpaired) electrons.